The molecule has 0 unspecified atom stereocenters. The number of aromatic nitrogens is 4. The number of alkyl halides is 2. The summed E-state index contributed by atoms with van der Waals surface area (Å²) in [4.78, 5) is 21.7. The van der Waals surface area contributed by atoms with E-state index in [-0.39, 0.29) is 35.3 Å². The molecule has 0 aromatic carbocycles. The molecule has 2 aliphatic rings. The first-order valence-electron chi connectivity index (χ1n) is 14.1. The maximum absolute atomic E-state index is 13.8. The highest BCUT2D eigenvalue weighted by molar-refractivity contribution is 6.03. The van der Waals surface area contributed by atoms with Crippen LogP contribution in [0.1, 0.15) is 99.6 Å². The molecule has 3 aromatic rings. The zero-order valence-corrected chi connectivity index (χ0v) is 22.5. The number of nitrogens with one attached hydrogen (secondary N) is 1. The molecule has 10 heteroatoms. The highest BCUT2D eigenvalue weighted by atomic mass is 19.3. The van der Waals surface area contributed by atoms with Crippen molar-refractivity contribution < 1.29 is 23.1 Å². The van der Waals surface area contributed by atoms with Crippen LogP contribution in [0.25, 0.3) is 11.5 Å². The van der Waals surface area contributed by atoms with Crippen LogP contribution < -0.4 is 5.32 Å². The van der Waals surface area contributed by atoms with Crippen LogP contribution in [-0.2, 0) is 6.42 Å². The molecular formula is C29H37F2N5O3. The summed E-state index contributed by atoms with van der Waals surface area (Å²) >= 11 is 0. The quantitative estimate of drug-likeness (QED) is 0.333. The van der Waals surface area contributed by atoms with E-state index >= 15 is 0 Å². The van der Waals surface area contributed by atoms with E-state index in [4.69, 9.17) is 4.42 Å². The predicted octanol–water partition coefficient (Wildman–Crippen LogP) is 6.60. The lowest BCUT2D eigenvalue weighted by Crippen LogP contribution is -2.26. The molecule has 5 rings (SSSR count). The molecule has 0 spiro atoms. The smallest absolute Gasteiger partial charge is 0.284 e. The number of hydrogen-bond acceptors (Lipinski definition) is 6. The Morgan fingerprint density at radius 2 is 1.95 bits per heavy atom. The van der Waals surface area contributed by atoms with Crippen molar-refractivity contribution >= 4 is 11.6 Å². The first-order chi connectivity index (χ1) is 18.8. The molecule has 3 heterocycles. The molecule has 2 aliphatic carbocycles. The van der Waals surface area contributed by atoms with Crippen molar-refractivity contribution in [2.24, 2.45) is 17.8 Å². The Morgan fingerprint density at radius 1 is 1.18 bits per heavy atom. The monoisotopic (exact) mass is 541 g/mol. The van der Waals surface area contributed by atoms with Crippen LogP contribution in [0.3, 0.4) is 0 Å². The molecule has 2 N–H and O–H groups in total. The first-order valence-corrected chi connectivity index (χ1v) is 14.1. The second-order valence-corrected chi connectivity index (χ2v) is 11.4. The molecule has 1 amide bonds. The molecule has 0 radical (unpaired) electrons. The fraction of sp³-hybridized carbons (Fsp3) is 0.586. The molecule has 0 bridgehead atoms. The Kier molecular flexibility index (Phi) is 8.40. The number of carbonyl (C=O) groups excluding carboxylic acids is 1. The van der Waals surface area contributed by atoms with Crippen LogP contribution in [0.2, 0.25) is 0 Å². The fourth-order valence-electron chi connectivity index (χ4n) is 6.00. The molecule has 2 fully saturated rings. The van der Waals surface area contributed by atoms with E-state index in [9.17, 15) is 18.7 Å². The molecule has 0 saturated heterocycles. The summed E-state index contributed by atoms with van der Waals surface area (Å²) in [6.07, 6.45) is 9.65. The third kappa shape index (κ3) is 6.37. The molecule has 210 valence electrons. The summed E-state index contributed by atoms with van der Waals surface area (Å²) in [6.45, 7) is 4.43. The molecule has 2 atom stereocenters. The van der Waals surface area contributed by atoms with Gasteiger partial charge in [0.05, 0.1) is 17.8 Å². The van der Waals surface area contributed by atoms with E-state index in [1.54, 1.807) is 16.9 Å². The standard InChI is InChI=1S/C29H37F2N5O3/c1-17(2)18-7-9-22(10-8-18)36-15-23(26(35-36)27(30)31)33-28(38)24-16-39-29(34-24)20-11-12-32-21(14-20)13-19-5-3-4-6-25(19)37/h11-12,14-19,22,25,27,37H,3-10,13H2,1-2H3,(H,33,38)/t18?,19-,22?,25-/m0/s1. The second-order valence-electron chi connectivity index (χ2n) is 11.4. The van der Waals surface area contributed by atoms with Crippen LogP contribution in [-0.4, -0.2) is 36.9 Å². The number of aliphatic hydroxyl groups is 1. The summed E-state index contributed by atoms with van der Waals surface area (Å²) in [6, 6.07) is 3.63. The van der Waals surface area contributed by atoms with Crippen molar-refractivity contribution in [1.82, 2.24) is 19.7 Å². The number of aliphatic hydroxyl groups excluding tert-OH is 1. The average Bonchev–Trinajstić information content (AvgIpc) is 3.59. The van der Waals surface area contributed by atoms with Crippen molar-refractivity contribution in [2.45, 2.75) is 90.2 Å². The van der Waals surface area contributed by atoms with Gasteiger partial charge in [0.25, 0.3) is 12.3 Å². The van der Waals surface area contributed by atoms with Gasteiger partial charge in [0.2, 0.25) is 5.89 Å². The Morgan fingerprint density at radius 3 is 2.67 bits per heavy atom. The van der Waals surface area contributed by atoms with Gasteiger partial charge in [-0.25, -0.2) is 13.8 Å². The lowest BCUT2D eigenvalue weighted by atomic mass is 9.80. The van der Waals surface area contributed by atoms with Crippen molar-refractivity contribution in [3.8, 4) is 11.5 Å². The van der Waals surface area contributed by atoms with Crippen LogP contribution in [0, 0.1) is 17.8 Å². The maximum atomic E-state index is 13.8. The third-order valence-corrected chi connectivity index (χ3v) is 8.41. The summed E-state index contributed by atoms with van der Waals surface area (Å²) in [5, 5.41) is 17.0. The number of pyridine rings is 1. The van der Waals surface area contributed by atoms with Crippen LogP contribution >= 0.6 is 0 Å². The van der Waals surface area contributed by atoms with Gasteiger partial charge in [-0.05, 0) is 74.8 Å². The predicted molar refractivity (Wildman–Crippen MR) is 142 cm³/mol. The number of nitrogens with zero attached hydrogens (tertiary/aromatic N) is 4. The topological polar surface area (TPSA) is 106 Å². The number of anilines is 1. The average molecular weight is 542 g/mol. The number of halogens is 2. The van der Waals surface area contributed by atoms with E-state index in [1.165, 1.54) is 12.5 Å². The number of amides is 1. The molecular weight excluding hydrogens is 504 g/mol. The van der Waals surface area contributed by atoms with Crippen LogP contribution in [0.15, 0.2) is 35.2 Å². The van der Waals surface area contributed by atoms with E-state index in [2.05, 4.69) is 34.2 Å². The van der Waals surface area contributed by atoms with Crippen molar-refractivity contribution in [3.63, 3.8) is 0 Å². The summed E-state index contributed by atoms with van der Waals surface area (Å²) in [5.74, 6) is 1.00. The summed E-state index contributed by atoms with van der Waals surface area (Å²) in [5.41, 5.74) is 1.00. The highest BCUT2D eigenvalue weighted by Gasteiger charge is 2.28. The van der Waals surface area contributed by atoms with Gasteiger partial charge in [-0.3, -0.25) is 14.5 Å². The molecule has 39 heavy (non-hydrogen) atoms. The minimum atomic E-state index is -2.82. The normalized spacial score (nSPS) is 23.9. The Labute approximate surface area is 227 Å². The van der Waals surface area contributed by atoms with Crippen LogP contribution in [0.4, 0.5) is 14.5 Å². The summed E-state index contributed by atoms with van der Waals surface area (Å²) < 4.78 is 34.8. The minimum Gasteiger partial charge on any atom is -0.444 e. The van der Waals surface area contributed by atoms with Crippen LogP contribution in [0.5, 0.6) is 0 Å². The molecule has 3 aromatic heterocycles. The van der Waals surface area contributed by atoms with E-state index < -0.39 is 18.0 Å². The molecule has 0 aliphatic heterocycles. The van der Waals surface area contributed by atoms with Crippen molar-refractivity contribution in [3.05, 3.63) is 47.9 Å². The number of oxazole rings is 1. The van der Waals surface area contributed by atoms with E-state index in [0.29, 0.717) is 23.8 Å². The zero-order chi connectivity index (χ0) is 27.5. The van der Waals surface area contributed by atoms with Gasteiger partial charge in [0.15, 0.2) is 11.4 Å². The Balaban J connectivity index is 1.27. The van der Waals surface area contributed by atoms with E-state index in [0.717, 1.165) is 57.1 Å². The third-order valence-electron chi connectivity index (χ3n) is 8.41. The van der Waals surface area contributed by atoms with Gasteiger partial charge in [0.1, 0.15) is 6.26 Å². The van der Waals surface area contributed by atoms with Gasteiger partial charge in [-0.2, -0.15) is 5.10 Å². The number of rotatable bonds is 8. The lowest BCUT2D eigenvalue weighted by Gasteiger charge is -2.30. The first kappa shape index (κ1) is 27.4. The Hall–Kier alpha value is -3.14. The SMILES string of the molecule is CC(C)C1CCC(n2cc(NC(=O)c3coc(-c4ccnc(C[C@@H]5CCCC[C@@H]5O)c4)n3)c(C(F)F)n2)CC1. The molecule has 2 saturated carbocycles. The maximum Gasteiger partial charge on any atom is 0.284 e. The lowest BCUT2D eigenvalue weighted by molar-refractivity contribution is 0.0695. The highest BCUT2D eigenvalue weighted by Crippen LogP contribution is 2.37. The minimum absolute atomic E-state index is 0.0113. The van der Waals surface area contributed by atoms with Gasteiger partial charge in [-0.15, -0.1) is 0 Å². The zero-order valence-electron chi connectivity index (χ0n) is 22.5. The van der Waals surface area contributed by atoms with Crippen molar-refractivity contribution in [2.75, 3.05) is 5.32 Å². The van der Waals surface area contributed by atoms with Gasteiger partial charge in [-0.1, -0.05) is 26.7 Å². The number of carbonyl (C=O) groups is 1. The Bertz CT molecular complexity index is 1270. The van der Waals surface area contributed by atoms with Crippen molar-refractivity contribution in [1.29, 1.82) is 0 Å². The van der Waals surface area contributed by atoms with Gasteiger partial charge < -0.3 is 14.8 Å². The van der Waals surface area contributed by atoms with E-state index in [1.807, 2.05) is 6.07 Å². The summed E-state index contributed by atoms with van der Waals surface area (Å²) in [7, 11) is 0. The number of hydrogen-bond donors (Lipinski definition) is 2. The fourth-order valence-corrected chi connectivity index (χ4v) is 6.00. The second kappa shape index (κ2) is 11.9. The molecule has 8 nitrogen and oxygen atoms in total. The van der Waals surface area contributed by atoms with Gasteiger partial charge in [0, 0.05) is 23.7 Å². The van der Waals surface area contributed by atoms with Gasteiger partial charge >= 0.3 is 0 Å². The largest absolute Gasteiger partial charge is 0.444 e.